The molecular formula is C30H41N7O3. The van der Waals surface area contributed by atoms with E-state index < -0.39 is 0 Å². The molecule has 1 saturated heterocycles. The SMILES string of the molecule is Cc1cc(-c2cnn3c(NCCN4CCC(O)CC4)cc(N[C@H]4CCCC[C@H]4O)nc23)ccc1C(=O)NC1CC1. The number of carbonyl (C=O) groups is 1. The van der Waals surface area contributed by atoms with E-state index in [1.165, 1.54) is 0 Å². The number of fused-ring (bicyclic) bond motifs is 1. The molecular weight excluding hydrogens is 506 g/mol. The van der Waals surface area contributed by atoms with Gasteiger partial charge in [-0.1, -0.05) is 25.0 Å². The molecule has 10 nitrogen and oxygen atoms in total. The summed E-state index contributed by atoms with van der Waals surface area (Å²) in [6.07, 6.45) is 8.86. The summed E-state index contributed by atoms with van der Waals surface area (Å²) in [6.45, 7) is 5.38. The largest absolute Gasteiger partial charge is 0.393 e. The maximum Gasteiger partial charge on any atom is 0.251 e. The van der Waals surface area contributed by atoms with Gasteiger partial charge in [0.15, 0.2) is 5.65 Å². The summed E-state index contributed by atoms with van der Waals surface area (Å²) in [7, 11) is 0. The van der Waals surface area contributed by atoms with E-state index in [0.29, 0.717) is 23.1 Å². The Morgan fingerprint density at radius 2 is 1.85 bits per heavy atom. The Kier molecular flexibility index (Phi) is 7.91. The summed E-state index contributed by atoms with van der Waals surface area (Å²) in [5, 5.41) is 35.2. The first kappa shape index (κ1) is 27.0. The van der Waals surface area contributed by atoms with Gasteiger partial charge >= 0.3 is 0 Å². The van der Waals surface area contributed by atoms with E-state index >= 15 is 0 Å². The van der Waals surface area contributed by atoms with E-state index in [4.69, 9.17) is 10.1 Å². The molecule has 2 atom stereocenters. The summed E-state index contributed by atoms with van der Waals surface area (Å²) in [5.74, 6) is 1.52. The number of amides is 1. The van der Waals surface area contributed by atoms with Crippen molar-refractivity contribution >= 4 is 23.2 Å². The molecule has 214 valence electrons. The van der Waals surface area contributed by atoms with Crippen LogP contribution in [0.4, 0.5) is 11.6 Å². The quantitative estimate of drug-likeness (QED) is 0.277. The molecule has 1 amide bonds. The fourth-order valence-electron chi connectivity index (χ4n) is 5.90. The van der Waals surface area contributed by atoms with Crippen molar-refractivity contribution in [1.29, 1.82) is 0 Å². The zero-order valence-electron chi connectivity index (χ0n) is 23.3. The van der Waals surface area contributed by atoms with Gasteiger partial charge in [-0.25, -0.2) is 4.98 Å². The van der Waals surface area contributed by atoms with Crippen LogP contribution in [0.15, 0.2) is 30.5 Å². The van der Waals surface area contributed by atoms with Crippen LogP contribution in [-0.4, -0.2) is 86.1 Å². The van der Waals surface area contributed by atoms with Crippen LogP contribution in [-0.2, 0) is 0 Å². The van der Waals surface area contributed by atoms with E-state index in [1.54, 1.807) is 0 Å². The van der Waals surface area contributed by atoms with Crippen LogP contribution in [0.25, 0.3) is 16.8 Å². The molecule has 0 spiro atoms. The van der Waals surface area contributed by atoms with Crippen LogP contribution in [0.2, 0.25) is 0 Å². The van der Waals surface area contributed by atoms with Crippen molar-refractivity contribution in [3.8, 4) is 11.1 Å². The number of anilines is 2. The van der Waals surface area contributed by atoms with Crippen molar-refractivity contribution < 1.29 is 15.0 Å². The summed E-state index contributed by atoms with van der Waals surface area (Å²) in [4.78, 5) is 20.0. The Bertz CT molecular complexity index is 1350. The van der Waals surface area contributed by atoms with Gasteiger partial charge in [-0.2, -0.15) is 9.61 Å². The minimum absolute atomic E-state index is 0.0169. The van der Waals surface area contributed by atoms with Gasteiger partial charge in [-0.05, 0) is 62.6 Å². The predicted octanol–water partition coefficient (Wildman–Crippen LogP) is 3.18. The number of rotatable bonds is 9. The second-order valence-electron chi connectivity index (χ2n) is 11.7. The van der Waals surface area contributed by atoms with Gasteiger partial charge in [0.05, 0.1) is 24.4 Å². The lowest BCUT2D eigenvalue weighted by Gasteiger charge is -2.30. The molecule has 3 fully saturated rings. The lowest BCUT2D eigenvalue weighted by Crippen LogP contribution is -2.38. The highest BCUT2D eigenvalue weighted by Crippen LogP contribution is 2.30. The molecule has 10 heteroatoms. The number of hydrogen-bond donors (Lipinski definition) is 5. The van der Waals surface area contributed by atoms with Crippen LogP contribution < -0.4 is 16.0 Å². The average molecular weight is 548 g/mol. The lowest BCUT2D eigenvalue weighted by atomic mass is 9.92. The maximum atomic E-state index is 12.7. The zero-order valence-corrected chi connectivity index (χ0v) is 23.3. The van der Waals surface area contributed by atoms with Gasteiger partial charge in [0.25, 0.3) is 5.91 Å². The van der Waals surface area contributed by atoms with E-state index in [1.807, 2.05) is 41.9 Å². The molecule has 0 unspecified atom stereocenters. The van der Waals surface area contributed by atoms with Crippen molar-refractivity contribution in [1.82, 2.24) is 24.8 Å². The number of nitrogens with zero attached hydrogens (tertiary/aromatic N) is 4. The van der Waals surface area contributed by atoms with Gasteiger partial charge in [0, 0.05) is 49.4 Å². The van der Waals surface area contributed by atoms with Gasteiger partial charge < -0.3 is 31.1 Å². The molecule has 2 aromatic heterocycles. The topological polar surface area (TPSA) is 127 Å². The number of benzene rings is 1. The Morgan fingerprint density at radius 3 is 2.60 bits per heavy atom. The number of aryl methyl sites for hydroxylation is 1. The first-order chi connectivity index (χ1) is 19.4. The number of aromatic nitrogens is 3. The normalized spacial score (nSPS) is 22.4. The van der Waals surface area contributed by atoms with Crippen LogP contribution in [0.3, 0.4) is 0 Å². The fourth-order valence-corrected chi connectivity index (χ4v) is 5.90. The monoisotopic (exact) mass is 547 g/mol. The molecule has 3 heterocycles. The highest BCUT2D eigenvalue weighted by atomic mass is 16.3. The van der Waals surface area contributed by atoms with Crippen molar-refractivity contribution in [3.63, 3.8) is 0 Å². The molecule has 5 N–H and O–H groups in total. The number of likely N-dealkylation sites (tertiary alicyclic amines) is 1. The Hall–Kier alpha value is -3.21. The molecule has 40 heavy (non-hydrogen) atoms. The Balaban J connectivity index is 1.27. The van der Waals surface area contributed by atoms with Crippen molar-refractivity contribution in [2.24, 2.45) is 0 Å². The molecule has 2 aliphatic carbocycles. The van der Waals surface area contributed by atoms with Crippen molar-refractivity contribution in [2.75, 3.05) is 36.8 Å². The number of nitrogens with one attached hydrogen (secondary N) is 3. The highest BCUT2D eigenvalue weighted by molar-refractivity contribution is 5.97. The summed E-state index contributed by atoms with van der Waals surface area (Å²) >= 11 is 0. The number of hydrogen-bond acceptors (Lipinski definition) is 8. The lowest BCUT2D eigenvalue weighted by molar-refractivity contribution is 0.0845. The van der Waals surface area contributed by atoms with Crippen LogP contribution >= 0.6 is 0 Å². The third kappa shape index (κ3) is 6.09. The standard InChI is InChI=1S/C30H41N7O3/c1-19-16-20(6-9-23(19)30(40)33-21-7-8-21)24-18-32-37-28(31-12-15-36-13-10-22(38)11-14-36)17-27(35-29(24)37)34-25-4-2-3-5-26(25)39/h6,9,16-18,21-22,25-26,31,38-39H,2-5,7-8,10-15H2,1H3,(H,33,40)(H,34,35)/t25-,26+/m0/s1. The first-order valence-corrected chi connectivity index (χ1v) is 14.8. The third-order valence-electron chi connectivity index (χ3n) is 8.52. The second-order valence-corrected chi connectivity index (χ2v) is 11.7. The summed E-state index contributed by atoms with van der Waals surface area (Å²) in [5.41, 5.74) is 4.17. The summed E-state index contributed by atoms with van der Waals surface area (Å²) in [6, 6.07) is 8.15. The third-order valence-corrected chi connectivity index (χ3v) is 8.52. The van der Waals surface area contributed by atoms with Crippen LogP contribution in [0, 0.1) is 6.92 Å². The molecule has 0 bridgehead atoms. The first-order valence-electron chi connectivity index (χ1n) is 14.8. The predicted molar refractivity (Wildman–Crippen MR) is 156 cm³/mol. The van der Waals surface area contributed by atoms with Crippen molar-refractivity contribution in [3.05, 3.63) is 41.6 Å². The van der Waals surface area contributed by atoms with E-state index in [-0.39, 0.29) is 24.2 Å². The van der Waals surface area contributed by atoms with Gasteiger partial charge in [0.2, 0.25) is 0 Å². The van der Waals surface area contributed by atoms with E-state index in [0.717, 1.165) is 100 Å². The van der Waals surface area contributed by atoms with Crippen LogP contribution in [0.1, 0.15) is 67.3 Å². The minimum Gasteiger partial charge on any atom is -0.393 e. The molecule has 1 aliphatic heterocycles. The fraction of sp³-hybridized carbons (Fsp3) is 0.567. The highest BCUT2D eigenvalue weighted by Gasteiger charge is 2.26. The van der Waals surface area contributed by atoms with E-state index in [9.17, 15) is 15.0 Å². The second kappa shape index (κ2) is 11.7. The molecule has 6 rings (SSSR count). The maximum absolute atomic E-state index is 12.7. The number of aliphatic hydroxyl groups is 2. The average Bonchev–Trinajstić information content (AvgIpc) is 3.66. The number of aliphatic hydroxyl groups excluding tert-OH is 2. The van der Waals surface area contributed by atoms with Crippen LogP contribution in [0.5, 0.6) is 0 Å². The zero-order chi connectivity index (χ0) is 27.6. The van der Waals surface area contributed by atoms with Gasteiger partial charge in [0.1, 0.15) is 11.6 Å². The van der Waals surface area contributed by atoms with E-state index in [2.05, 4.69) is 20.9 Å². The summed E-state index contributed by atoms with van der Waals surface area (Å²) < 4.78 is 1.83. The molecule has 0 radical (unpaired) electrons. The Labute approximate surface area is 235 Å². The Morgan fingerprint density at radius 1 is 1.05 bits per heavy atom. The molecule has 1 aromatic carbocycles. The number of carbonyl (C=O) groups excluding carboxylic acids is 1. The molecule has 3 aromatic rings. The number of piperidine rings is 1. The molecule has 2 saturated carbocycles. The molecule has 3 aliphatic rings. The van der Waals surface area contributed by atoms with Crippen molar-refractivity contribution in [2.45, 2.75) is 82.6 Å². The minimum atomic E-state index is -0.390. The van der Waals surface area contributed by atoms with Gasteiger partial charge in [-0.15, -0.1) is 0 Å². The smallest absolute Gasteiger partial charge is 0.251 e. The van der Waals surface area contributed by atoms with Gasteiger partial charge in [-0.3, -0.25) is 4.79 Å².